The molecular formula is C29H26N2O5S. The van der Waals surface area contributed by atoms with Crippen LogP contribution in [-0.4, -0.2) is 36.0 Å². The number of methoxy groups -OCH3 is 2. The zero-order valence-corrected chi connectivity index (χ0v) is 22.0. The molecule has 1 fully saturated rings. The first kappa shape index (κ1) is 24.5. The summed E-state index contributed by atoms with van der Waals surface area (Å²) in [6.07, 6.45) is 0. The Morgan fingerprint density at radius 3 is 2.46 bits per heavy atom. The molecule has 0 bridgehead atoms. The van der Waals surface area contributed by atoms with Gasteiger partial charge in [-0.2, -0.15) is 0 Å². The van der Waals surface area contributed by atoms with Crippen molar-refractivity contribution >= 4 is 44.1 Å². The normalized spacial score (nSPS) is 17.0. The van der Waals surface area contributed by atoms with Crippen LogP contribution in [0.4, 0.5) is 5.13 Å². The van der Waals surface area contributed by atoms with Crippen molar-refractivity contribution in [1.29, 1.82) is 0 Å². The molecule has 0 aliphatic carbocycles. The standard InChI is InChI=1S/C29H26N2O5S/c1-15-11-17(3)24-22(12-15)37-29(30-24)31-25(18-7-6-8-20(14-18)35-4)23(27(33)28(31)34)26(32)19-9-10-21(36-5)16(2)13-19/h6-14,25,32H,1-5H3/b26-23+/t25-/m0/s1. The van der Waals surface area contributed by atoms with Crippen molar-refractivity contribution in [2.45, 2.75) is 26.8 Å². The Morgan fingerprint density at radius 1 is 0.973 bits per heavy atom. The van der Waals surface area contributed by atoms with E-state index in [1.807, 2.05) is 32.9 Å². The molecule has 7 nitrogen and oxygen atoms in total. The van der Waals surface area contributed by atoms with Crippen LogP contribution in [0.2, 0.25) is 0 Å². The van der Waals surface area contributed by atoms with E-state index in [0.717, 1.165) is 26.9 Å². The second-order valence-electron chi connectivity index (χ2n) is 9.06. The van der Waals surface area contributed by atoms with Crippen LogP contribution in [0.3, 0.4) is 0 Å². The average molecular weight is 515 g/mol. The molecule has 0 unspecified atom stereocenters. The highest BCUT2D eigenvalue weighted by molar-refractivity contribution is 7.22. The van der Waals surface area contributed by atoms with Crippen LogP contribution in [0.25, 0.3) is 16.0 Å². The van der Waals surface area contributed by atoms with Crippen LogP contribution >= 0.6 is 11.3 Å². The summed E-state index contributed by atoms with van der Waals surface area (Å²) in [7, 11) is 3.12. The fraction of sp³-hybridized carbons (Fsp3) is 0.207. The minimum absolute atomic E-state index is 0.00465. The molecule has 0 radical (unpaired) electrons. The summed E-state index contributed by atoms with van der Waals surface area (Å²) in [6, 6.07) is 15.4. The van der Waals surface area contributed by atoms with Gasteiger partial charge in [0.1, 0.15) is 17.3 Å². The number of rotatable bonds is 5. The largest absolute Gasteiger partial charge is 0.507 e. The number of aryl methyl sites for hydroxylation is 3. The molecule has 0 spiro atoms. The van der Waals surface area contributed by atoms with Gasteiger partial charge in [-0.15, -0.1) is 0 Å². The number of carbonyl (C=O) groups excluding carboxylic acids is 2. The van der Waals surface area contributed by atoms with Gasteiger partial charge in [-0.25, -0.2) is 4.98 Å². The molecule has 1 N–H and O–H groups in total. The molecule has 5 rings (SSSR count). The van der Waals surface area contributed by atoms with E-state index in [9.17, 15) is 14.7 Å². The lowest BCUT2D eigenvalue weighted by Crippen LogP contribution is -2.29. The van der Waals surface area contributed by atoms with Crippen molar-refractivity contribution in [3.8, 4) is 11.5 Å². The number of aromatic nitrogens is 1. The number of hydrogen-bond donors (Lipinski definition) is 1. The Bertz CT molecular complexity index is 1600. The second kappa shape index (κ2) is 9.37. The van der Waals surface area contributed by atoms with Crippen molar-refractivity contribution < 1.29 is 24.2 Å². The number of aliphatic hydroxyl groups excluding tert-OH is 1. The van der Waals surface area contributed by atoms with Gasteiger partial charge in [-0.3, -0.25) is 14.5 Å². The molecule has 4 aromatic rings. The Labute approximate surface area is 218 Å². The lowest BCUT2D eigenvalue weighted by atomic mass is 9.94. The highest BCUT2D eigenvalue weighted by Gasteiger charge is 2.48. The molecule has 37 heavy (non-hydrogen) atoms. The van der Waals surface area contributed by atoms with E-state index in [0.29, 0.717) is 27.8 Å². The molecule has 3 aromatic carbocycles. The molecule has 1 saturated heterocycles. The van der Waals surface area contributed by atoms with Gasteiger partial charge in [0.2, 0.25) is 0 Å². The molecule has 1 aromatic heterocycles. The number of hydrogen-bond acceptors (Lipinski definition) is 7. The molecule has 1 atom stereocenters. The summed E-state index contributed by atoms with van der Waals surface area (Å²) < 4.78 is 11.7. The van der Waals surface area contributed by atoms with E-state index >= 15 is 0 Å². The van der Waals surface area contributed by atoms with Crippen LogP contribution in [0.15, 0.2) is 60.2 Å². The van der Waals surface area contributed by atoms with Gasteiger partial charge in [0, 0.05) is 5.56 Å². The topological polar surface area (TPSA) is 89.0 Å². The number of aliphatic hydroxyl groups is 1. The minimum Gasteiger partial charge on any atom is -0.507 e. The van der Waals surface area contributed by atoms with Gasteiger partial charge >= 0.3 is 5.91 Å². The third-order valence-electron chi connectivity index (χ3n) is 6.55. The van der Waals surface area contributed by atoms with E-state index < -0.39 is 17.7 Å². The first-order valence-electron chi connectivity index (χ1n) is 11.7. The number of anilines is 1. The van der Waals surface area contributed by atoms with Gasteiger partial charge in [-0.05, 0) is 79.4 Å². The lowest BCUT2D eigenvalue weighted by molar-refractivity contribution is -0.132. The number of benzene rings is 3. The lowest BCUT2D eigenvalue weighted by Gasteiger charge is -2.23. The van der Waals surface area contributed by atoms with Crippen LogP contribution < -0.4 is 14.4 Å². The highest BCUT2D eigenvalue weighted by atomic mass is 32.1. The summed E-state index contributed by atoms with van der Waals surface area (Å²) >= 11 is 1.34. The first-order chi connectivity index (χ1) is 17.7. The van der Waals surface area contributed by atoms with E-state index in [4.69, 9.17) is 14.5 Å². The monoisotopic (exact) mass is 514 g/mol. The molecule has 1 aliphatic heterocycles. The predicted octanol–water partition coefficient (Wildman–Crippen LogP) is 5.87. The second-order valence-corrected chi connectivity index (χ2v) is 10.1. The van der Waals surface area contributed by atoms with Crippen LogP contribution in [-0.2, 0) is 9.59 Å². The third-order valence-corrected chi connectivity index (χ3v) is 7.55. The number of ketones is 1. The maximum Gasteiger partial charge on any atom is 0.301 e. The Morgan fingerprint density at radius 2 is 1.76 bits per heavy atom. The molecule has 2 heterocycles. The zero-order chi connectivity index (χ0) is 26.4. The summed E-state index contributed by atoms with van der Waals surface area (Å²) in [6.45, 7) is 5.82. The third kappa shape index (κ3) is 4.13. The molecule has 0 saturated carbocycles. The van der Waals surface area contributed by atoms with E-state index in [1.54, 1.807) is 56.7 Å². The van der Waals surface area contributed by atoms with Crippen molar-refractivity contribution in [2.75, 3.05) is 19.1 Å². The molecule has 1 amide bonds. The minimum atomic E-state index is -0.889. The zero-order valence-electron chi connectivity index (χ0n) is 21.2. The summed E-state index contributed by atoms with van der Waals surface area (Å²) in [4.78, 5) is 33.2. The molecule has 8 heteroatoms. The van der Waals surface area contributed by atoms with Crippen LogP contribution in [0.1, 0.15) is 33.9 Å². The predicted molar refractivity (Wildman–Crippen MR) is 145 cm³/mol. The van der Waals surface area contributed by atoms with Gasteiger partial charge < -0.3 is 14.6 Å². The molecule has 188 valence electrons. The first-order valence-corrected chi connectivity index (χ1v) is 12.5. The maximum absolute atomic E-state index is 13.5. The number of carbonyl (C=O) groups is 2. The van der Waals surface area contributed by atoms with E-state index in [1.165, 1.54) is 16.2 Å². The molecule has 1 aliphatic rings. The summed E-state index contributed by atoms with van der Waals surface area (Å²) in [5.74, 6) is -0.549. The van der Waals surface area contributed by atoms with Crippen molar-refractivity contribution in [1.82, 2.24) is 4.98 Å². The number of fused-ring (bicyclic) bond motifs is 1. The fourth-order valence-electron chi connectivity index (χ4n) is 4.80. The average Bonchev–Trinajstić information content (AvgIpc) is 3.42. The fourth-order valence-corrected chi connectivity index (χ4v) is 5.97. The van der Waals surface area contributed by atoms with Crippen LogP contribution in [0.5, 0.6) is 11.5 Å². The Balaban J connectivity index is 1.75. The van der Waals surface area contributed by atoms with Crippen molar-refractivity contribution in [3.63, 3.8) is 0 Å². The van der Waals surface area contributed by atoms with E-state index in [-0.39, 0.29) is 11.3 Å². The smallest absolute Gasteiger partial charge is 0.301 e. The van der Waals surface area contributed by atoms with Crippen molar-refractivity contribution in [2.24, 2.45) is 0 Å². The van der Waals surface area contributed by atoms with Crippen LogP contribution in [0, 0.1) is 20.8 Å². The number of Topliss-reactive ketones (excluding diaryl/α,β-unsaturated/α-hetero) is 1. The summed E-state index contributed by atoms with van der Waals surface area (Å²) in [5.41, 5.74) is 4.67. The quantitative estimate of drug-likeness (QED) is 0.204. The van der Waals surface area contributed by atoms with Crippen molar-refractivity contribution in [3.05, 3.63) is 88.0 Å². The van der Waals surface area contributed by atoms with E-state index in [2.05, 4.69) is 0 Å². The Kier molecular flexibility index (Phi) is 6.21. The highest BCUT2D eigenvalue weighted by Crippen LogP contribution is 2.45. The maximum atomic E-state index is 13.5. The SMILES string of the molecule is COc1cccc([C@H]2/C(=C(\O)c3ccc(OC)c(C)c3)C(=O)C(=O)N2c2nc3c(C)cc(C)cc3s2)c1. The van der Waals surface area contributed by atoms with Gasteiger partial charge in [0.15, 0.2) is 5.13 Å². The number of thiazole rings is 1. The number of nitrogens with zero attached hydrogens (tertiary/aromatic N) is 2. The van der Waals surface area contributed by atoms with Gasteiger partial charge in [-0.1, -0.05) is 29.5 Å². The molecular weight excluding hydrogens is 488 g/mol. The summed E-state index contributed by atoms with van der Waals surface area (Å²) in [5, 5.41) is 11.8. The van der Waals surface area contributed by atoms with Gasteiger partial charge in [0.25, 0.3) is 5.78 Å². The van der Waals surface area contributed by atoms with Gasteiger partial charge in [0.05, 0.1) is 36.1 Å². The Hall–Kier alpha value is -4.17. The number of amides is 1. The number of ether oxygens (including phenoxy) is 2.